The number of carbonyl (C=O) groups is 1. The molecule has 0 unspecified atom stereocenters. The van der Waals surface area contributed by atoms with Crippen LogP contribution in [0.15, 0.2) is 11.5 Å². The molecule has 1 rings (SSSR count). The molecule has 0 bridgehead atoms. The Morgan fingerprint density at radius 1 is 1.50 bits per heavy atom. The number of ether oxygens (including phenoxy) is 2. The number of alkyl halides is 3. The topological polar surface area (TPSA) is 85.2 Å². The molecule has 0 aliphatic carbocycles. The first kappa shape index (κ1) is 16.6. The molecule has 0 saturated heterocycles. The lowest BCUT2D eigenvalue weighted by Crippen LogP contribution is -2.47. The number of esters is 1. The first-order valence-corrected chi connectivity index (χ1v) is 5.74. The van der Waals surface area contributed by atoms with Crippen molar-refractivity contribution in [1.29, 1.82) is 0 Å². The van der Waals surface area contributed by atoms with Gasteiger partial charge in [0.15, 0.2) is 0 Å². The second-order valence-corrected chi connectivity index (χ2v) is 4.29. The van der Waals surface area contributed by atoms with Crippen molar-refractivity contribution in [3.8, 4) is 0 Å². The van der Waals surface area contributed by atoms with Crippen molar-refractivity contribution in [2.75, 3.05) is 6.61 Å². The van der Waals surface area contributed by atoms with Crippen molar-refractivity contribution in [2.24, 2.45) is 5.92 Å². The van der Waals surface area contributed by atoms with Crippen LogP contribution in [0.1, 0.15) is 20.8 Å². The molecule has 0 aromatic heterocycles. The first-order chi connectivity index (χ1) is 9.04. The van der Waals surface area contributed by atoms with Crippen LogP contribution in [0.3, 0.4) is 0 Å². The second-order valence-electron chi connectivity index (χ2n) is 4.29. The van der Waals surface area contributed by atoms with Gasteiger partial charge in [0, 0.05) is 0 Å². The van der Waals surface area contributed by atoms with E-state index in [4.69, 9.17) is 10.0 Å². The van der Waals surface area contributed by atoms with Gasteiger partial charge in [0.05, 0.1) is 12.5 Å². The molecule has 1 aliphatic rings. The zero-order valence-electron chi connectivity index (χ0n) is 11.0. The highest BCUT2D eigenvalue weighted by Crippen LogP contribution is 2.49. The summed E-state index contributed by atoms with van der Waals surface area (Å²) in [5.41, 5.74) is -2.72. The van der Waals surface area contributed by atoms with Crippen molar-refractivity contribution in [3.05, 3.63) is 11.5 Å². The monoisotopic (exact) mass is 298 g/mol. The molecule has 2 N–H and O–H groups in total. The molecule has 0 aromatic carbocycles. The van der Waals surface area contributed by atoms with Crippen LogP contribution < -0.4 is 0 Å². The molecule has 1 heterocycles. The van der Waals surface area contributed by atoms with Crippen molar-refractivity contribution in [2.45, 2.75) is 32.5 Å². The number of rotatable bonds is 4. The Kier molecular flexibility index (Phi) is 4.60. The molecule has 0 saturated carbocycles. The minimum Gasteiger partial charge on any atom is -0.512 e. The molecule has 20 heavy (non-hydrogen) atoms. The number of hydrogen-bond donors (Lipinski definition) is 2. The van der Waals surface area contributed by atoms with Gasteiger partial charge in [-0.3, -0.25) is 0 Å². The maximum atomic E-state index is 13.0. The summed E-state index contributed by atoms with van der Waals surface area (Å²) in [7, 11) is -2.38. The highest BCUT2D eigenvalue weighted by Gasteiger charge is 2.63. The molecule has 10 heteroatoms. The Labute approximate surface area is 113 Å². The van der Waals surface area contributed by atoms with Gasteiger partial charge in [-0.05, 0) is 13.8 Å². The fourth-order valence-corrected chi connectivity index (χ4v) is 1.71. The van der Waals surface area contributed by atoms with Gasteiger partial charge in [-0.1, -0.05) is 6.92 Å². The summed E-state index contributed by atoms with van der Waals surface area (Å²) in [4.78, 5) is 11.6. The Morgan fingerprint density at radius 2 is 2.05 bits per heavy atom. The van der Waals surface area contributed by atoms with Crippen molar-refractivity contribution >= 4 is 13.3 Å². The normalized spacial score (nSPS) is 26.3. The van der Waals surface area contributed by atoms with E-state index in [0.717, 1.165) is 13.8 Å². The Balaban J connectivity index is 3.19. The van der Waals surface area contributed by atoms with Crippen molar-refractivity contribution < 1.29 is 42.1 Å². The van der Waals surface area contributed by atoms with E-state index in [2.05, 4.69) is 14.1 Å². The minimum atomic E-state index is -4.80. The largest absolute Gasteiger partial charge is 0.707 e. The van der Waals surface area contributed by atoms with Gasteiger partial charge < -0.3 is 24.2 Å². The van der Waals surface area contributed by atoms with Gasteiger partial charge >= 0.3 is 19.5 Å². The fourth-order valence-electron chi connectivity index (χ4n) is 1.71. The van der Waals surface area contributed by atoms with Crippen LogP contribution in [0.4, 0.5) is 13.2 Å². The summed E-state index contributed by atoms with van der Waals surface area (Å²) < 4.78 is 52.8. The highest BCUT2D eigenvalue weighted by molar-refractivity contribution is 6.33. The van der Waals surface area contributed by atoms with Crippen LogP contribution >= 0.6 is 0 Å². The minimum absolute atomic E-state index is 0.0856. The standard InChI is InChI=1S/C10H14BF3O6/c1-4-18-8(15)7-6(20-11(16)17)5(2)9(3,19-7)10(12,13)14/h5,16-17H,4H2,1-3H3/t5-,9+/m0/s1. The third-order valence-electron chi connectivity index (χ3n) is 3.01. The zero-order chi connectivity index (χ0) is 15.7. The van der Waals surface area contributed by atoms with Gasteiger partial charge in [0.2, 0.25) is 11.4 Å². The molecule has 0 spiro atoms. The van der Waals surface area contributed by atoms with Crippen LogP contribution in [0.5, 0.6) is 0 Å². The van der Waals surface area contributed by atoms with E-state index in [1.807, 2.05) is 0 Å². The van der Waals surface area contributed by atoms with Crippen LogP contribution in [0.2, 0.25) is 0 Å². The smallest absolute Gasteiger partial charge is 0.512 e. The van der Waals surface area contributed by atoms with Gasteiger partial charge in [-0.2, -0.15) is 13.2 Å². The van der Waals surface area contributed by atoms with E-state index < -0.39 is 42.5 Å². The molecular formula is C10H14BF3O6. The molecular weight excluding hydrogens is 284 g/mol. The zero-order valence-corrected chi connectivity index (χ0v) is 11.0. The fraction of sp³-hybridized carbons (Fsp3) is 0.700. The SMILES string of the molecule is CCOC(=O)C1=C(OB(O)O)[C@H](C)[C@](C)(C(F)(F)F)O1. The summed E-state index contributed by atoms with van der Waals surface area (Å²) in [6.45, 7) is 3.20. The quantitative estimate of drug-likeness (QED) is 0.588. The number of carbonyl (C=O) groups excluding carboxylic acids is 1. The van der Waals surface area contributed by atoms with E-state index in [1.165, 1.54) is 6.92 Å². The van der Waals surface area contributed by atoms with E-state index in [0.29, 0.717) is 0 Å². The Bertz CT molecular complexity index is 422. The summed E-state index contributed by atoms with van der Waals surface area (Å²) in [5, 5.41) is 17.5. The molecule has 0 radical (unpaired) electrons. The molecule has 114 valence electrons. The third-order valence-corrected chi connectivity index (χ3v) is 3.01. The van der Waals surface area contributed by atoms with E-state index in [1.54, 1.807) is 0 Å². The molecule has 0 aromatic rings. The van der Waals surface area contributed by atoms with Gasteiger partial charge in [-0.15, -0.1) is 0 Å². The lowest BCUT2D eigenvalue weighted by atomic mass is 9.89. The van der Waals surface area contributed by atoms with Crippen LogP contribution in [0.25, 0.3) is 0 Å². The lowest BCUT2D eigenvalue weighted by molar-refractivity contribution is -0.264. The Hall–Kier alpha value is -1.42. The van der Waals surface area contributed by atoms with Crippen LogP contribution in [-0.4, -0.2) is 41.7 Å². The first-order valence-electron chi connectivity index (χ1n) is 5.74. The molecule has 6 nitrogen and oxygen atoms in total. The molecule has 0 amide bonds. The maximum absolute atomic E-state index is 13.0. The van der Waals surface area contributed by atoms with Crippen molar-refractivity contribution in [3.63, 3.8) is 0 Å². The van der Waals surface area contributed by atoms with Crippen LogP contribution in [0, 0.1) is 5.92 Å². The molecule has 1 aliphatic heterocycles. The van der Waals surface area contributed by atoms with E-state index in [-0.39, 0.29) is 6.61 Å². The summed E-state index contributed by atoms with van der Waals surface area (Å²) in [5.74, 6) is -4.04. The van der Waals surface area contributed by atoms with Crippen LogP contribution in [-0.2, 0) is 18.9 Å². The number of halogens is 3. The summed E-state index contributed by atoms with van der Waals surface area (Å²) >= 11 is 0. The van der Waals surface area contributed by atoms with E-state index >= 15 is 0 Å². The average Bonchev–Trinajstić information content (AvgIpc) is 2.54. The average molecular weight is 298 g/mol. The second kappa shape index (κ2) is 5.53. The molecule has 0 fully saturated rings. The van der Waals surface area contributed by atoms with Gasteiger partial charge in [-0.25, -0.2) is 4.79 Å². The summed E-state index contributed by atoms with van der Waals surface area (Å²) in [6, 6.07) is 0. The molecule has 2 atom stereocenters. The van der Waals surface area contributed by atoms with Gasteiger partial charge in [0.1, 0.15) is 5.76 Å². The lowest BCUT2D eigenvalue weighted by Gasteiger charge is -2.31. The number of hydrogen-bond acceptors (Lipinski definition) is 6. The summed E-state index contributed by atoms with van der Waals surface area (Å²) in [6.07, 6.45) is -4.80. The predicted octanol–water partition coefficient (Wildman–Crippen LogP) is 0.734. The predicted molar refractivity (Wildman–Crippen MR) is 59.6 cm³/mol. The maximum Gasteiger partial charge on any atom is 0.707 e. The Morgan fingerprint density at radius 3 is 2.45 bits per heavy atom. The van der Waals surface area contributed by atoms with Gasteiger partial charge in [0.25, 0.3) is 0 Å². The van der Waals surface area contributed by atoms with E-state index in [9.17, 15) is 18.0 Å². The highest BCUT2D eigenvalue weighted by atomic mass is 19.4. The third kappa shape index (κ3) is 2.85. The van der Waals surface area contributed by atoms with Crippen molar-refractivity contribution in [1.82, 2.24) is 0 Å².